The minimum atomic E-state index is 0.466. The van der Waals surface area contributed by atoms with Crippen LogP contribution in [0.15, 0.2) is 0 Å². The standard InChI is InChI=1S/C20H37I/c1-3-5-6-7-8-18-9-11-19(12-10-18)15-20-14-13-17(4-2)16-21-20/h17-19H,3-16H2,1-2H3. The molecule has 21 heavy (non-hydrogen) atoms. The third kappa shape index (κ3) is 6.71. The predicted octanol–water partition coefficient (Wildman–Crippen LogP) is 7.12. The van der Waals surface area contributed by atoms with Crippen LogP contribution in [0.3, 0.4) is 0 Å². The molecule has 0 radical (unpaired) electrons. The molecule has 1 fully saturated rings. The molecule has 2 rings (SSSR count). The van der Waals surface area contributed by atoms with Gasteiger partial charge in [-0.15, -0.1) is 20.7 Å². The van der Waals surface area contributed by atoms with E-state index in [1.165, 1.54) is 51.4 Å². The van der Waals surface area contributed by atoms with Gasteiger partial charge in [0.2, 0.25) is 0 Å². The lowest BCUT2D eigenvalue weighted by Gasteiger charge is -2.30. The van der Waals surface area contributed by atoms with Crippen LogP contribution in [0.4, 0.5) is 0 Å². The second-order valence-electron chi connectivity index (χ2n) is 7.56. The van der Waals surface area contributed by atoms with Gasteiger partial charge in [0.25, 0.3) is 0 Å². The molecule has 0 bridgehead atoms. The summed E-state index contributed by atoms with van der Waals surface area (Å²) in [6.07, 6.45) is 19.6. The molecule has 0 amide bonds. The van der Waals surface area contributed by atoms with Gasteiger partial charge in [-0.2, -0.15) is 0 Å². The first kappa shape index (κ1) is 17.9. The largest absolute Gasteiger partial charge is 0.123 e. The van der Waals surface area contributed by atoms with Crippen molar-refractivity contribution >= 4 is 24.2 Å². The Morgan fingerprint density at radius 2 is 1.62 bits per heavy atom. The highest BCUT2D eigenvalue weighted by Gasteiger charge is 2.23. The molecule has 1 aliphatic carbocycles. The molecule has 0 aromatic rings. The molecule has 124 valence electrons. The van der Waals surface area contributed by atoms with Crippen LogP contribution in [-0.4, -0.2) is 7.94 Å². The van der Waals surface area contributed by atoms with Crippen molar-refractivity contribution < 1.29 is 0 Å². The molecule has 0 aromatic carbocycles. The first-order chi connectivity index (χ1) is 10.3. The fourth-order valence-electron chi connectivity index (χ4n) is 4.09. The smallest absolute Gasteiger partial charge is 0.00244 e. The summed E-state index contributed by atoms with van der Waals surface area (Å²) in [5.41, 5.74) is 0. The molecule has 1 heterocycles. The summed E-state index contributed by atoms with van der Waals surface area (Å²) in [7, 11) is 0. The molecule has 0 nitrogen and oxygen atoms in total. The van der Waals surface area contributed by atoms with E-state index in [1.54, 1.807) is 36.5 Å². The Balaban J connectivity index is 1.60. The maximum Gasteiger partial charge on any atom is -0.00244 e. The summed E-state index contributed by atoms with van der Waals surface area (Å²) in [4.78, 5) is 0. The van der Waals surface area contributed by atoms with Crippen LogP contribution < -0.4 is 0 Å². The Morgan fingerprint density at radius 3 is 2.24 bits per heavy atom. The Labute approximate surface area is 143 Å². The fourth-order valence-corrected chi connectivity index (χ4v) is 8.03. The Hall–Kier alpha value is 0.600. The normalized spacial score (nSPS) is 30.6. The van der Waals surface area contributed by atoms with E-state index in [4.69, 9.17) is 0 Å². The fraction of sp³-hybridized carbons (Fsp3) is 0.950. The SMILES string of the molecule is CCCCCCC1CCC(CC2=ICC(CC)CC2)CC1. The number of alkyl halides is 1. The molecule has 1 atom stereocenters. The molecule has 0 N–H and O–H groups in total. The highest BCUT2D eigenvalue weighted by Crippen LogP contribution is 2.36. The van der Waals surface area contributed by atoms with E-state index < -0.39 is 0 Å². The van der Waals surface area contributed by atoms with Crippen molar-refractivity contribution in [3.8, 4) is 0 Å². The number of hydrogen-bond donors (Lipinski definition) is 0. The highest BCUT2D eigenvalue weighted by atomic mass is 127. The predicted molar refractivity (Wildman–Crippen MR) is 106 cm³/mol. The zero-order valence-corrected chi connectivity index (χ0v) is 16.7. The average Bonchev–Trinajstić information content (AvgIpc) is 2.54. The van der Waals surface area contributed by atoms with Crippen molar-refractivity contribution in [2.24, 2.45) is 17.8 Å². The number of hydrogen-bond acceptors (Lipinski definition) is 0. The highest BCUT2D eigenvalue weighted by molar-refractivity contribution is 14.2. The zero-order valence-electron chi connectivity index (χ0n) is 14.5. The van der Waals surface area contributed by atoms with E-state index in [-0.39, 0.29) is 0 Å². The maximum atomic E-state index is 2.39. The van der Waals surface area contributed by atoms with Gasteiger partial charge in [0, 0.05) is 0 Å². The van der Waals surface area contributed by atoms with Crippen molar-refractivity contribution in [1.29, 1.82) is 0 Å². The topological polar surface area (TPSA) is 0 Å². The Bertz CT molecular complexity index is 299. The molecule has 1 saturated carbocycles. The maximum absolute atomic E-state index is 2.39. The summed E-state index contributed by atoms with van der Waals surface area (Å²) in [6, 6.07) is 0. The molecule has 0 spiro atoms. The van der Waals surface area contributed by atoms with Crippen LogP contribution in [-0.2, 0) is 0 Å². The Morgan fingerprint density at radius 1 is 0.857 bits per heavy atom. The first-order valence-corrected chi connectivity index (χ1v) is 12.4. The summed E-state index contributed by atoms with van der Waals surface area (Å²) < 4.78 is 3.65. The zero-order chi connectivity index (χ0) is 14.9. The summed E-state index contributed by atoms with van der Waals surface area (Å²) in [5.74, 6) is 3.28. The van der Waals surface area contributed by atoms with Gasteiger partial charge in [0.05, 0.1) is 0 Å². The van der Waals surface area contributed by atoms with Gasteiger partial charge in [-0.3, -0.25) is 0 Å². The first-order valence-electron chi connectivity index (χ1n) is 9.75. The van der Waals surface area contributed by atoms with Gasteiger partial charge in [0.15, 0.2) is 0 Å². The van der Waals surface area contributed by atoms with Gasteiger partial charge in [-0.1, -0.05) is 65.2 Å². The average molecular weight is 404 g/mol. The van der Waals surface area contributed by atoms with E-state index >= 15 is 0 Å². The van der Waals surface area contributed by atoms with Gasteiger partial charge in [-0.25, -0.2) is 0 Å². The van der Waals surface area contributed by atoms with Crippen LogP contribution in [0, 0.1) is 17.8 Å². The van der Waals surface area contributed by atoms with E-state index in [9.17, 15) is 0 Å². The summed E-state index contributed by atoms with van der Waals surface area (Å²) in [6.45, 7) is 4.71. The molecule has 2 aliphatic rings. The quantitative estimate of drug-likeness (QED) is 0.230. The van der Waals surface area contributed by atoms with Crippen molar-refractivity contribution in [3.63, 3.8) is 0 Å². The lowest BCUT2D eigenvalue weighted by atomic mass is 9.78. The van der Waals surface area contributed by atoms with Crippen LogP contribution in [0.5, 0.6) is 0 Å². The van der Waals surface area contributed by atoms with Crippen LogP contribution in [0.2, 0.25) is 0 Å². The molecular formula is C20H37I. The van der Waals surface area contributed by atoms with Gasteiger partial charge >= 0.3 is 0 Å². The second-order valence-corrected chi connectivity index (χ2v) is 10.7. The van der Waals surface area contributed by atoms with Crippen LogP contribution in [0.1, 0.15) is 97.3 Å². The molecule has 1 aliphatic heterocycles. The van der Waals surface area contributed by atoms with E-state index in [1.807, 2.05) is 3.51 Å². The van der Waals surface area contributed by atoms with E-state index in [0.717, 1.165) is 17.8 Å². The molecular weight excluding hydrogens is 367 g/mol. The summed E-state index contributed by atoms with van der Waals surface area (Å²) >= 11 is 0.466. The van der Waals surface area contributed by atoms with Crippen molar-refractivity contribution in [2.45, 2.75) is 97.3 Å². The van der Waals surface area contributed by atoms with Gasteiger partial charge in [-0.05, 0) is 57.8 Å². The van der Waals surface area contributed by atoms with Gasteiger partial charge < -0.3 is 0 Å². The van der Waals surface area contributed by atoms with Crippen molar-refractivity contribution in [3.05, 3.63) is 0 Å². The second kappa shape index (κ2) is 10.4. The summed E-state index contributed by atoms with van der Waals surface area (Å²) in [5, 5.41) is 0. The molecule has 1 heteroatoms. The lowest BCUT2D eigenvalue weighted by molar-refractivity contribution is 0.263. The van der Waals surface area contributed by atoms with E-state index in [0.29, 0.717) is 20.7 Å². The molecule has 1 unspecified atom stereocenters. The van der Waals surface area contributed by atoms with Crippen molar-refractivity contribution in [1.82, 2.24) is 0 Å². The third-order valence-corrected chi connectivity index (χ3v) is 9.57. The monoisotopic (exact) mass is 404 g/mol. The van der Waals surface area contributed by atoms with E-state index in [2.05, 4.69) is 13.8 Å². The number of unbranched alkanes of at least 4 members (excludes halogenated alkanes) is 3. The molecule has 0 saturated heterocycles. The third-order valence-electron chi connectivity index (χ3n) is 5.83. The minimum Gasteiger partial charge on any atom is -0.123 e. The van der Waals surface area contributed by atoms with Gasteiger partial charge in [0.1, 0.15) is 0 Å². The number of halogens is 1. The Kier molecular flexibility index (Phi) is 8.88. The van der Waals surface area contributed by atoms with Crippen molar-refractivity contribution in [2.75, 3.05) is 4.43 Å². The van der Waals surface area contributed by atoms with Crippen LogP contribution >= 0.6 is 20.7 Å². The lowest BCUT2D eigenvalue weighted by Crippen LogP contribution is -2.19. The number of rotatable bonds is 8. The minimum absolute atomic E-state index is 0.466. The van der Waals surface area contributed by atoms with Crippen LogP contribution in [0.25, 0.3) is 0 Å². The molecule has 0 aromatic heterocycles.